The van der Waals surface area contributed by atoms with E-state index in [4.69, 9.17) is 0 Å². The number of aromatic nitrogens is 1. The molecule has 4 heteroatoms. The van der Waals surface area contributed by atoms with Crippen molar-refractivity contribution in [3.05, 3.63) is 29.6 Å². The van der Waals surface area contributed by atoms with Gasteiger partial charge in [-0.05, 0) is 24.5 Å². The van der Waals surface area contributed by atoms with Gasteiger partial charge in [0.25, 0.3) is 5.91 Å². The summed E-state index contributed by atoms with van der Waals surface area (Å²) in [7, 11) is 0. The number of halogens is 1. The SMILES string of the molecule is CCC(CC)C(Br)CNC(=O)c1ncccc1C. The van der Waals surface area contributed by atoms with E-state index in [0.717, 1.165) is 18.4 Å². The Morgan fingerprint density at radius 2 is 2.11 bits per heavy atom. The average molecular weight is 313 g/mol. The number of alkyl halides is 1. The van der Waals surface area contributed by atoms with E-state index in [2.05, 4.69) is 40.1 Å². The first-order chi connectivity index (χ1) is 8.60. The van der Waals surface area contributed by atoms with Gasteiger partial charge in [-0.25, -0.2) is 0 Å². The van der Waals surface area contributed by atoms with Crippen LogP contribution in [0.25, 0.3) is 0 Å². The Morgan fingerprint density at radius 1 is 1.44 bits per heavy atom. The van der Waals surface area contributed by atoms with E-state index in [0.29, 0.717) is 23.0 Å². The summed E-state index contributed by atoms with van der Waals surface area (Å²) in [5.41, 5.74) is 1.42. The van der Waals surface area contributed by atoms with Crippen molar-refractivity contribution in [3.63, 3.8) is 0 Å². The molecule has 1 N–H and O–H groups in total. The van der Waals surface area contributed by atoms with Crippen LogP contribution in [-0.2, 0) is 0 Å². The molecular formula is C14H21BrN2O. The number of amides is 1. The molecule has 0 saturated carbocycles. The third-order valence-electron chi connectivity index (χ3n) is 3.24. The minimum Gasteiger partial charge on any atom is -0.350 e. The number of carbonyl (C=O) groups excluding carboxylic acids is 1. The van der Waals surface area contributed by atoms with Gasteiger partial charge in [-0.1, -0.05) is 48.7 Å². The van der Waals surface area contributed by atoms with Gasteiger partial charge in [0.1, 0.15) is 5.69 Å². The van der Waals surface area contributed by atoms with E-state index in [9.17, 15) is 4.79 Å². The van der Waals surface area contributed by atoms with Gasteiger partial charge < -0.3 is 5.32 Å². The predicted molar refractivity (Wildman–Crippen MR) is 78.1 cm³/mol. The molecule has 0 aliphatic heterocycles. The first kappa shape index (κ1) is 15.2. The van der Waals surface area contributed by atoms with Crippen molar-refractivity contribution in [1.29, 1.82) is 0 Å². The van der Waals surface area contributed by atoms with Crippen molar-refractivity contribution in [1.82, 2.24) is 10.3 Å². The van der Waals surface area contributed by atoms with Gasteiger partial charge in [-0.3, -0.25) is 9.78 Å². The number of pyridine rings is 1. The van der Waals surface area contributed by atoms with Crippen LogP contribution >= 0.6 is 15.9 Å². The minimum atomic E-state index is -0.0940. The number of hydrogen-bond donors (Lipinski definition) is 1. The summed E-state index contributed by atoms with van der Waals surface area (Å²) in [6, 6.07) is 3.73. The topological polar surface area (TPSA) is 42.0 Å². The molecule has 0 saturated heterocycles. The van der Waals surface area contributed by atoms with Crippen molar-refractivity contribution in [3.8, 4) is 0 Å². The van der Waals surface area contributed by atoms with Gasteiger partial charge in [-0.15, -0.1) is 0 Å². The zero-order valence-corrected chi connectivity index (χ0v) is 12.8. The monoisotopic (exact) mass is 312 g/mol. The Labute approximate surface area is 118 Å². The third-order valence-corrected chi connectivity index (χ3v) is 4.31. The Balaban J connectivity index is 2.54. The lowest BCUT2D eigenvalue weighted by molar-refractivity contribution is 0.0946. The van der Waals surface area contributed by atoms with Gasteiger partial charge in [0.05, 0.1) is 0 Å². The van der Waals surface area contributed by atoms with E-state index < -0.39 is 0 Å². The molecule has 1 amide bonds. The summed E-state index contributed by atoms with van der Waals surface area (Å²) in [4.78, 5) is 16.4. The van der Waals surface area contributed by atoms with Crippen LogP contribution in [0, 0.1) is 12.8 Å². The Kier molecular flexibility index (Phi) is 6.33. The van der Waals surface area contributed by atoms with Crippen LogP contribution in [0.3, 0.4) is 0 Å². The van der Waals surface area contributed by atoms with Gasteiger partial charge in [0.2, 0.25) is 0 Å². The molecule has 1 rings (SSSR count). The molecule has 0 spiro atoms. The second kappa shape index (κ2) is 7.52. The molecule has 0 radical (unpaired) electrons. The number of nitrogens with zero attached hydrogens (tertiary/aromatic N) is 1. The molecule has 0 fully saturated rings. The van der Waals surface area contributed by atoms with Crippen LogP contribution in [0.4, 0.5) is 0 Å². The van der Waals surface area contributed by atoms with E-state index >= 15 is 0 Å². The van der Waals surface area contributed by atoms with Crippen LogP contribution in [0.1, 0.15) is 42.7 Å². The normalized spacial score (nSPS) is 12.5. The summed E-state index contributed by atoms with van der Waals surface area (Å²) in [6.45, 7) is 6.88. The predicted octanol–water partition coefficient (Wildman–Crippen LogP) is 3.32. The molecule has 0 aliphatic carbocycles. The van der Waals surface area contributed by atoms with Crippen molar-refractivity contribution in [2.45, 2.75) is 38.4 Å². The average Bonchev–Trinajstić information content (AvgIpc) is 2.38. The number of nitrogens with one attached hydrogen (secondary N) is 1. The fourth-order valence-corrected chi connectivity index (χ4v) is 2.87. The van der Waals surface area contributed by atoms with Crippen LogP contribution in [0.15, 0.2) is 18.3 Å². The zero-order valence-electron chi connectivity index (χ0n) is 11.2. The smallest absolute Gasteiger partial charge is 0.270 e. The highest BCUT2D eigenvalue weighted by molar-refractivity contribution is 9.09. The van der Waals surface area contributed by atoms with Crippen molar-refractivity contribution >= 4 is 21.8 Å². The molecule has 0 bridgehead atoms. The van der Waals surface area contributed by atoms with E-state index in [1.165, 1.54) is 0 Å². The van der Waals surface area contributed by atoms with Crippen LogP contribution in [-0.4, -0.2) is 22.3 Å². The van der Waals surface area contributed by atoms with E-state index in [1.54, 1.807) is 6.20 Å². The van der Waals surface area contributed by atoms with Crippen LogP contribution < -0.4 is 5.32 Å². The maximum absolute atomic E-state index is 12.0. The van der Waals surface area contributed by atoms with Gasteiger partial charge >= 0.3 is 0 Å². The van der Waals surface area contributed by atoms with Gasteiger partial charge in [-0.2, -0.15) is 0 Å². The fourth-order valence-electron chi connectivity index (χ4n) is 1.96. The Morgan fingerprint density at radius 3 is 2.67 bits per heavy atom. The standard InChI is InChI=1S/C14H21BrN2O/c1-4-11(5-2)12(15)9-17-14(18)13-10(3)7-6-8-16-13/h6-8,11-12H,4-5,9H2,1-3H3,(H,17,18). The summed E-state index contributed by atoms with van der Waals surface area (Å²) in [5.74, 6) is 0.499. The summed E-state index contributed by atoms with van der Waals surface area (Å²) in [5, 5.41) is 2.94. The minimum absolute atomic E-state index is 0.0940. The highest BCUT2D eigenvalue weighted by Crippen LogP contribution is 2.19. The number of hydrogen-bond acceptors (Lipinski definition) is 2. The molecule has 0 aromatic carbocycles. The Hall–Kier alpha value is -0.900. The van der Waals surface area contributed by atoms with Gasteiger partial charge in [0.15, 0.2) is 0 Å². The lowest BCUT2D eigenvalue weighted by Crippen LogP contribution is -2.33. The lowest BCUT2D eigenvalue weighted by atomic mass is 9.99. The van der Waals surface area contributed by atoms with Crippen molar-refractivity contribution < 1.29 is 4.79 Å². The summed E-state index contributed by atoms with van der Waals surface area (Å²) < 4.78 is 0. The molecule has 100 valence electrons. The highest BCUT2D eigenvalue weighted by Gasteiger charge is 2.17. The molecule has 18 heavy (non-hydrogen) atoms. The lowest BCUT2D eigenvalue weighted by Gasteiger charge is -2.19. The number of carbonyl (C=O) groups is 1. The summed E-state index contributed by atoms with van der Waals surface area (Å²) >= 11 is 3.65. The largest absolute Gasteiger partial charge is 0.350 e. The molecule has 0 aliphatic rings. The molecule has 1 aromatic heterocycles. The molecule has 1 atom stereocenters. The van der Waals surface area contributed by atoms with E-state index in [1.807, 2.05) is 19.1 Å². The maximum atomic E-state index is 12.0. The molecule has 1 heterocycles. The van der Waals surface area contributed by atoms with Crippen LogP contribution in [0.5, 0.6) is 0 Å². The second-order valence-corrected chi connectivity index (χ2v) is 5.65. The zero-order chi connectivity index (χ0) is 13.5. The first-order valence-corrected chi connectivity index (χ1v) is 7.35. The number of aryl methyl sites for hydroxylation is 1. The Bertz CT molecular complexity index is 391. The summed E-state index contributed by atoms with van der Waals surface area (Å²) in [6.07, 6.45) is 3.88. The second-order valence-electron chi connectivity index (χ2n) is 4.47. The first-order valence-electron chi connectivity index (χ1n) is 6.44. The van der Waals surface area contributed by atoms with Crippen molar-refractivity contribution in [2.24, 2.45) is 5.92 Å². The molecule has 1 unspecified atom stereocenters. The van der Waals surface area contributed by atoms with Gasteiger partial charge in [0, 0.05) is 17.6 Å². The van der Waals surface area contributed by atoms with Crippen LogP contribution in [0.2, 0.25) is 0 Å². The molecule has 1 aromatic rings. The fraction of sp³-hybridized carbons (Fsp3) is 0.571. The highest BCUT2D eigenvalue weighted by atomic mass is 79.9. The molecular weight excluding hydrogens is 292 g/mol. The maximum Gasteiger partial charge on any atom is 0.270 e. The third kappa shape index (κ3) is 4.09. The number of rotatable bonds is 6. The van der Waals surface area contributed by atoms with Crippen molar-refractivity contribution in [2.75, 3.05) is 6.54 Å². The quantitative estimate of drug-likeness (QED) is 0.819. The van der Waals surface area contributed by atoms with E-state index in [-0.39, 0.29) is 5.91 Å². The molecule has 3 nitrogen and oxygen atoms in total.